The van der Waals surface area contributed by atoms with Crippen LogP contribution in [-0.2, 0) is 4.79 Å². The van der Waals surface area contributed by atoms with Gasteiger partial charge in [0, 0.05) is 11.9 Å². The van der Waals surface area contributed by atoms with Gasteiger partial charge in [0.05, 0.1) is 6.54 Å². The molecule has 0 aliphatic heterocycles. The molecule has 2 heterocycles. The zero-order valence-electron chi connectivity index (χ0n) is 9.04. The van der Waals surface area contributed by atoms with Crippen LogP contribution in [0, 0.1) is 6.92 Å². The van der Waals surface area contributed by atoms with E-state index in [9.17, 15) is 9.59 Å². The van der Waals surface area contributed by atoms with E-state index < -0.39 is 11.8 Å². The van der Waals surface area contributed by atoms with E-state index in [1.807, 2.05) is 6.92 Å². The molecule has 2 amide bonds. The number of amides is 2. The van der Waals surface area contributed by atoms with Crippen LogP contribution in [0.5, 0.6) is 0 Å². The highest BCUT2D eigenvalue weighted by atomic mass is 16.2. The summed E-state index contributed by atoms with van der Waals surface area (Å²) in [5, 5.41) is 6.27. The molecule has 0 aliphatic rings. The quantitative estimate of drug-likeness (QED) is 0.681. The number of primary amides is 1. The fourth-order valence-corrected chi connectivity index (χ4v) is 1.25. The lowest BCUT2D eigenvalue weighted by Gasteiger charge is -1.96. The Morgan fingerprint density at radius 1 is 1.53 bits per heavy atom. The molecule has 0 aliphatic carbocycles. The van der Waals surface area contributed by atoms with Crippen LogP contribution in [0.3, 0.4) is 0 Å². The third-order valence-corrected chi connectivity index (χ3v) is 2.06. The van der Waals surface area contributed by atoms with E-state index >= 15 is 0 Å². The number of hydrogen-bond donors (Lipinski definition) is 2. The highest BCUT2D eigenvalue weighted by Crippen LogP contribution is 2.01. The van der Waals surface area contributed by atoms with Gasteiger partial charge in [-0.1, -0.05) is 0 Å². The second-order valence-electron chi connectivity index (χ2n) is 3.38. The highest BCUT2D eigenvalue weighted by Gasteiger charge is 2.14. The van der Waals surface area contributed by atoms with Gasteiger partial charge in [-0.15, -0.1) is 5.10 Å². The Hall–Kier alpha value is -2.51. The largest absolute Gasteiger partial charge is 0.368 e. The number of aromatic nitrogens is 4. The molecule has 0 spiro atoms. The van der Waals surface area contributed by atoms with E-state index in [-0.39, 0.29) is 12.4 Å². The van der Waals surface area contributed by atoms with Crippen molar-refractivity contribution < 1.29 is 9.59 Å². The van der Waals surface area contributed by atoms with Gasteiger partial charge in [-0.05, 0) is 13.0 Å². The summed E-state index contributed by atoms with van der Waals surface area (Å²) in [6.45, 7) is 1.56. The first-order valence-corrected chi connectivity index (χ1v) is 4.83. The number of carbonyl (C=O) groups excluding carboxylic acids is 2. The number of nitrogens with two attached hydrogens (primary N) is 1. The van der Waals surface area contributed by atoms with Crippen LogP contribution in [0.2, 0.25) is 0 Å². The van der Waals surface area contributed by atoms with Gasteiger partial charge < -0.3 is 11.1 Å². The van der Waals surface area contributed by atoms with Crippen molar-refractivity contribution in [2.24, 2.45) is 5.73 Å². The minimum absolute atomic E-state index is 0.0481. The SMILES string of the molecule is Cc1ccnc2nc(C(=O)NCC(N)=O)nn12. The molecule has 0 saturated carbocycles. The fraction of sp³-hybridized carbons (Fsp3) is 0.222. The average molecular weight is 234 g/mol. The molecule has 0 fully saturated rings. The molecule has 8 nitrogen and oxygen atoms in total. The summed E-state index contributed by atoms with van der Waals surface area (Å²) in [6.07, 6.45) is 1.57. The monoisotopic (exact) mass is 234 g/mol. The molecular weight excluding hydrogens is 224 g/mol. The van der Waals surface area contributed by atoms with E-state index in [4.69, 9.17) is 5.73 Å². The number of aryl methyl sites for hydroxylation is 1. The van der Waals surface area contributed by atoms with Gasteiger partial charge >= 0.3 is 0 Å². The lowest BCUT2D eigenvalue weighted by Crippen LogP contribution is -2.33. The predicted molar refractivity (Wildman–Crippen MR) is 57.0 cm³/mol. The van der Waals surface area contributed by atoms with Crippen molar-refractivity contribution >= 4 is 17.6 Å². The number of hydrogen-bond acceptors (Lipinski definition) is 5. The van der Waals surface area contributed by atoms with Gasteiger partial charge in [0.25, 0.3) is 11.7 Å². The number of nitrogens with zero attached hydrogens (tertiary/aromatic N) is 4. The molecule has 0 bridgehead atoms. The van der Waals surface area contributed by atoms with Crippen molar-refractivity contribution in [2.45, 2.75) is 6.92 Å². The van der Waals surface area contributed by atoms with Crippen LogP contribution in [0.25, 0.3) is 5.78 Å². The Balaban J connectivity index is 2.27. The van der Waals surface area contributed by atoms with Crippen LogP contribution in [0.1, 0.15) is 16.3 Å². The molecule has 0 aromatic carbocycles. The summed E-state index contributed by atoms with van der Waals surface area (Å²) in [6, 6.07) is 1.74. The van der Waals surface area contributed by atoms with Crippen LogP contribution in [0.4, 0.5) is 0 Å². The van der Waals surface area contributed by atoms with Crippen molar-refractivity contribution in [3.05, 3.63) is 23.8 Å². The second-order valence-corrected chi connectivity index (χ2v) is 3.38. The topological polar surface area (TPSA) is 115 Å². The van der Waals surface area contributed by atoms with Gasteiger partial charge in [0.15, 0.2) is 0 Å². The molecule has 0 unspecified atom stereocenters. The minimum atomic E-state index is -0.628. The number of rotatable bonds is 3. The Morgan fingerprint density at radius 3 is 2.94 bits per heavy atom. The van der Waals surface area contributed by atoms with E-state index in [2.05, 4.69) is 20.4 Å². The van der Waals surface area contributed by atoms with Gasteiger partial charge in [-0.2, -0.15) is 4.98 Å². The van der Waals surface area contributed by atoms with Crippen molar-refractivity contribution in [3.8, 4) is 0 Å². The Bertz CT molecular complexity index is 590. The van der Waals surface area contributed by atoms with E-state index in [1.165, 1.54) is 4.52 Å². The van der Waals surface area contributed by atoms with Crippen LogP contribution in [0.15, 0.2) is 12.3 Å². The fourth-order valence-electron chi connectivity index (χ4n) is 1.25. The summed E-state index contributed by atoms with van der Waals surface area (Å²) >= 11 is 0. The summed E-state index contributed by atoms with van der Waals surface area (Å²) in [7, 11) is 0. The van der Waals surface area contributed by atoms with Gasteiger partial charge in [0.1, 0.15) is 0 Å². The molecule has 0 saturated heterocycles. The molecule has 88 valence electrons. The van der Waals surface area contributed by atoms with Crippen LogP contribution in [-0.4, -0.2) is 37.9 Å². The van der Waals surface area contributed by atoms with E-state index in [0.29, 0.717) is 5.78 Å². The first-order valence-electron chi connectivity index (χ1n) is 4.83. The smallest absolute Gasteiger partial charge is 0.291 e. The average Bonchev–Trinajstić information content (AvgIpc) is 2.71. The molecule has 2 rings (SSSR count). The third kappa shape index (κ3) is 2.19. The standard InChI is InChI=1S/C9H10N6O2/c1-5-2-3-11-9-13-7(14-15(5)9)8(17)12-4-6(10)16/h2-3H,4H2,1H3,(H2,10,16)(H,12,17). The molecule has 2 aromatic rings. The summed E-state index contributed by atoms with van der Waals surface area (Å²) < 4.78 is 1.44. The van der Waals surface area contributed by atoms with Gasteiger partial charge in [0.2, 0.25) is 11.7 Å². The maximum atomic E-state index is 11.5. The molecule has 0 atom stereocenters. The maximum Gasteiger partial charge on any atom is 0.291 e. The highest BCUT2D eigenvalue weighted by molar-refractivity contribution is 5.93. The summed E-state index contributed by atoms with van der Waals surface area (Å²) in [5.41, 5.74) is 5.71. The third-order valence-electron chi connectivity index (χ3n) is 2.06. The summed E-state index contributed by atoms with van der Waals surface area (Å²) in [5.74, 6) is -0.910. The molecule has 2 aromatic heterocycles. The van der Waals surface area contributed by atoms with E-state index in [0.717, 1.165) is 5.69 Å². The molecule has 0 radical (unpaired) electrons. The zero-order chi connectivity index (χ0) is 12.4. The first-order chi connectivity index (χ1) is 8.08. The number of nitrogens with one attached hydrogen (secondary N) is 1. The Morgan fingerprint density at radius 2 is 2.29 bits per heavy atom. The van der Waals surface area contributed by atoms with Crippen LogP contribution >= 0.6 is 0 Å². The van der Waals surface area contributed by atoms with Crippen molar-refractivity contribution in [3.63, 3.8) is 0 Å². The molecule has 17 heavy (non-hydrogen) atoms. The van der Waals surface area contributed by atoms with Crippen LogP contribution < -0.4 is 11.1 Å². The molecule has 3 N–H and O–H groups in total. The second kappa shape index (κ2) is 4.16. The van der Waals surface area contributed by atoms with Crippen molar-refractivity contribution in [2.75, 3.05) is 6.54 Å². The predicted octanol–water partition coefficient (Wildman–Crippen LogP) is -1.35. The normalized spacial score (nSPS) is 10.4. The zero-order valence-corrected chi connectivity index (χ0v) is 9.04. The summed E-state index contributed by atoms with van der Waals surface area (Å²) in [4.78, 5) is 29.9. The minimum Gasteiger partial charge on any atom is -0.368 e. The van der Waals surface area contributed by atoms with Crippen molar-refractivity contribution in [1.82, 2.24) is 24.9 Å². The Labute approximate surface area is 95.8 Å². The number of carbonyl (C=O) groups is 2. The van der Waals surface area contributed by atoms with Gasteiger partial charge in [-0.3, -0.25) is 9.59 Å². The maximum absolute atomic E-state index is 11.5. The molecule has 8 heteroatoms. The first kappa shape index (κ1) is 11.0. The van der Waals surface area contributed by atoms with E-state index in [1.54, 1.807) is 12.3 Å². The number of fused-ring (bicyclic) bond motifs is 1. The van der Waals surface area contributed by atoms with Crippen molar-refractivity contribution in [1.29, 1.82) is 0 Å². The molecular formula is C9H10N6O2. The Kier molecular flexibility index (Phi) is 2.69. The lowest BCUT2D eigenvalue weighted by molar-refractivity contribution is -0.117. The lowest BCUT2D eigenvalue weighted by atomic mass is 10.5. The van der Waals surface area contributed by atoms with Gasteiger partial charge in [-0.25, -0.2) is 9.50 Å².